The smallest absolute Gasteiger partial charge is 0.317 e. The number of nitrogens with zero attached hydrogens (tertiary/aromatic N) is 1. The van der Waals surface area contributed by atoms with Gasteiger partial charge in [-0.05, 0) is 64.4 Å². The predicted octanol–water partition coefficient (Wildman–Crippen LogP) is 5.77. The van der Waals surface area contributed by atoms with Gasteiger partial charge >= 0.3 is 12.0 Å². The van der Waals surface area contributed by atoms with Crippen LogP contribution in [0.2, 0.25) is 0 Å². The first-order chi connectivity index (χ1) is 15.7. The summed E-state index contributed by atoms with van der Waals surface area (Å²) in [7, 11) is 0. The van der Waals surface area contributed by atoms with Gasteiger partial charge in [-0.25, -0.2) is 4.79 Å². The molecule has 2 unspecified atom stereocenters. The lowest BCUT2D eigenvalue weighted by atomic mass is 9.79. The molecule has 2 rings (SSSR count). The van der Waals surface area contributed by atoms with E-state index >= 15 is 0 Å². The van der Waals surface area contributed by atoms with Crippen molar-refractivity contribution in [2.24, 2.45) is 11.3 Å². The number of hydrogen-bond acceptors (Lipinski definition) is 3. The Morgan fingerprint density at radius 2 is 1.94 bits per heavy atom. The Morgan fingerprint density at radius 3 is 2.61 bits per heavy atom. The third-order valence-electron chi connectivity index (χ3n) is 6.79. The molecular formula is C27H44N2O4. The maximum Gasteiger partial charge on any atom is 0.317 e. The maximum absolute atomic E-state index is 12.8. The van der Waals surface area contributed by atoms with E-state index in [2.05, 4.69) is 43.4 Å². The van der Waals surface area contributed by atoms with Gasteiger partial charge in [0.1, 0.15) is 0 Å². The first-order valence-electron chi connectivity index (χ1n) is 12.6. The molecule has 6 heteroatoms. The number of benzene rings is 1. The number of ether oxygens (including phenoxy) is 1. The average molecular weight is 461 g/mol. The molecule has 0 radical (unpaired) electrons. The lowest BCUT2D eigenvalue weighted by molar-refractivity contribution is -0.147. The normalized spacial score (nSPS) is 18.7. The van der Waals surface area contributed by atoms with E-state index in [1.165, 1.54) is 5.56 Å². The predicted molar refractivity (Wildman–Crippen MR) is 132 cm³/mol. The Morgan fingerprint density at radius 1 is 1.21 bits per heavy atom. The van der Waals surface area contributed by atoms with E-state index in [1.807, 2.05) is 4.90 Å². The topological polar surface area (TPSA) is 78.9 Å². The Bertz CT molecular complexity index is 732. The zero-order chi connectivity index (χ0) is 24.3. The summed E-state index contributed by atoms with van der Waals surface area (Å²) in [6, 6.07) is 8.27. The van der Waals surface area contributed by atoms with Crippen LogP contribution in [0.5, 0.6) is 0 Å². The molecule has 0 aliphatic heterocycles. The number of rotatable bonds is 13. The van der Waals surface area contributed by atoms with Crippen molar-refractivity contribution in [3.8, 4) is 0 Å². The highest BCUT2D eigenvalue weighted by Gasteiger charge is 2.30. The number of urea groups is 1. The van der Waals surface area contributed by atoms with Gasteiger partial charge in [0, 0.05) is 19.6 Å². The quantitative estimate of drug-likeness (QED) is 0.366. The number of amides is 2. The molecule has 1 aromatic carbocycles. The minimum absolute atomic E-state index is 0.0370. The van der Waals surface area contributed by atoms with Crippen LogP contribution in [0, 0.1) is 18.3 Å². The zero-order valence-electron chi connectivity index (χ0n) is 21.1. The molecule has 0 saturated heterocycles. The number of nitrogens with one attached hydrogen (secondary N) is 1. The van der Waals surface area contributed by atoms with Gasteiger partial charge in [-0.15, -0.1) is 0 Å². The monoisotopic (exact) mass is 460 g/mol. The summed E-state index contributed by atoms with van der Waals surface area (Å²) in [4.78, 5) is 26.0. The number of unbranched alkanes of at least 4 members (excludes halogenated alkanes) is 1. The highest BCUT2D eigenvalue weighted by Crippen LogP contribution is 2.33. The van der Waals surface area contributed by atoms with Crippen LogP contribution in [0.1, 0.15) is 83.3 Å². The van der Waals surface area contributed by atoms with Crippen molar-refractivity contribution in [3.05, 3.63) is 35.4 Å². The van der Waals surface area contributed by atoms with Crippen molar-refractivity contribution in [2.75, 3.05) is 19.7 Å². The van der Waals surface area contributed by atoms with Gasteiger partial charge < -0.3 is 20.1 Å². The van der Waals surface area contributed by atoms with E-state index in [0.29, 0.717) is 38.6 Å². The number of aryl methyl sites for hydroxylation is 1. The minimum Gasteiger partial charge on any atom is -0.481 e. The summed E-state index contributed by atoms with van der Waals surface area (Å²) in [5, 5.41) is 12.4. The van der Waals surface area contributed by atoms with E-state index in [-0.39, 0.29) is 12.1 Å². The average Bonchev–Trinajstić information content (AvgIpc) is 2.79. The highest BCUT2D eigenvalue weighted by atomic mass is 16.5. The number of aliphatic carboxylic acids is 1. The molecule has 1 aliphatic rings. The molecule has 1 aliphatic carbocycles. The van der Waals surface area contributed by atoms with Gasteiger partial charge in [-0.3, -0.25) is 4.79 Å². The maximum atomic E-state index is 12.8. The third kappa shape index (κ3) is 9.75. The zero-order valence-corrected chi connectivity index (χ0v) is 21.1. The van der Waals surface area contributed by atoms with Gasteiger partial charge in [-0.1, -0.05) is 56.0 Å². The van der Waals surface area contributed by atoms with Gasteiger partial charge in [0.2, 0.25) is 0 Å². The van der Waals surface area contributed by atoms with Gasteiger partial charge in [0.05, 0.1) is 18.1 Å². The molecule has 0 aromatic heterocycles. The second-order valence-electron chi connectivity index (χ2n) is 10.2. The van der Waals surface area contributed by atoms with E-state index in [0.717, 1.165) is 50.5 Å². The first-order valence-corrected chi connectivity index (χ1v) is 12.6. The first kappa shape index (κ1) is 27.2. The van der Waals surface area contributed by atoms with E-state index in [9.17, 15) is 14.7 Å². The molecule has 2 N–H and O–H groups in total. The summed E-state index contributed by atoms with van der Waals surface area (Å²) in [6.07, 6.45) is 8.14. The van der Waals surface area contributed by atoms with Crippen LogP contribution >= 0.6 is 0 Å². The van der Waals surface area contributed by atoms with E-state index in [1.54, 1.807) is 13.8 Å². The largest absolute Gasteiger partial charge is 0.481 e. The molecule has 0 bridgehead atoms. The van der Waals surface area contributed by atoms with Crippen LogP contribution < -0.4 is 5.32 Å². The van der Waals surface area contributed by atoms with Crippen molar-refractivity contribution in [2.45, 2.75) is 91.7 Å². The van der Waals surface area contributed by atoms with Crippen LogP contribution in [-0.4, -0.2) is 47.8 Å². The van der Waals surface area contributed by atoms with Crippen LogP contribution in [-0.2, 0) is 16.1 Å². The fourth-order valence-corrected chi connectivity index (χ4v) is 4.31. The summed E-state index contributed by atoms with van der Waals surface area (Å²) in [6.45, 7) is 10.1. The molecule has 33 heavy (non-hydrogen) atoms. The molecule has 2 atom stereocenters. The van der Waals surface area contributed by atoms with Crippen LogP contribution in [0.15, 0.2) is 24.3 Å². The van der Waals surface area contributed by atoms with E-state index < -0.39 is 11.4 Å². The van der Waals surface area contributed by atoms with Gasteiger partial charge in [0.15, 0.2) is 0 Å². The van der Waals surface area contributed by atoms with Crippen LogP contribution in [0.4, 0.5) is 4.79 Å². The summed E-state index contributed by atoms with van der Waals surface area (Å²) < 4.78 is 6.22. The second kappa shape index (κ2) is 13.6. The summed E-state index contributed by atoms with van der Waals surface area (Å²) in [5.41, 5.74) is 1.65. The Kier molecular flexibility index (Phi) is 11.2. The summed E-state index contributed by atoms with van der Waals surface area (Å²) >= 11 is 0. The standard InChI is InChI=1S/C27H44N2O4/c1-5-6-16-28-26(32)29(20-23-12-10-21(2)11-13-23)17-18-33-24-9-7-8-22(19-24)14-15-27(3,4)25(30)31/h10-13,22,24H,5-9,14-20H2,1-4H3,(H,28,32)(H,30,31). The summed E-state index contributed by atoms with van der Waals surface area (Å²) in [5.74, 6) is -0.208. The van der Waals surface area contributed by atoms with Crippen molar-refractivity contribution in [1.82, 2.24) is 10.2 Å². The Labute approximate surface area is 200 Å². The number of carboxylic acid groups (broad SMARTS) is 1. The fraction of sp³-hybridized carbons (Fsp3) is 0.704. The highest BCUT2D eigenvalue weighted by molar-refractivity contribution is 5.74. The molecule has 1 aromatic rings. The SMILES string of the molecule is CCCCNC(=O)N(CCOC1CCCC(CCC(C)(C)C(=O)O)C1)Cc1ccc(C)cc1. The third-order valence-corrected chi connectivity index (χ3v) is 6.79. The molecule has 6 nitrogen and oxygen atoms in total. The lowest BCUT2D eigenvalue weighted by Crippen LogP contribution is -2.42. The van der Waals surface area contributed by atoms with Crippen LogP contribution in [0.25, 0.3) is 0 Å². The van der Waals surface area contributed by atoms with Gasteiger partial charge in [-0.2, -0.15) is 0 Å². The second-order valence-corrected chi connectivity index (χ2v) is 10.2. The molecule has 0 spiro atoms. The van der Waals surface area contributed by atoms with E-state index in [4.69, 9.17) is 4.74 Å². The van der Waals surface area contributed by atoms with Crippen molar-refractivity contribution in [1.29, 1.82) is 0 Å². The Hall–Kier alpha value is -2.08. The lowest BCUT2D eigenvalue weighted by Gasteiger charge is -2.31. The van der Waals surface area contributed by atoms with Crippen molar-refractivity contribution < 1.29 is 19.4 Å². The molecular weight excluding hydrogens is 416 g/mol. The van der Waals surface area contributed by atoms with Crippen molar-refractivity contribution in [3.63, 3.8) is 0 Å². The number of carbonyl (C=O) groups is 2. The molecule has 1 saturated carbocycles. The fourth-order valence-electron chi connectivity index (χ4n) is 4.31. The molecule has 186 valence electrons. The number of hydrogen-bond donors (Lipinski definition) is 2. The van der Waals surface area contributed by atoms with Crippen molar-refractivity contribution >= 4 is 12.0 Å². The van der Waals surface area contributed by atoms with Crippen LogP contribution in [0.3, 0.4) is 0 Å². The molecule has 2 amide bonds. The minimum atomic E-state index is -0.725. The number of carboxylic acids is 1. The number of carbonyl (C=O) groups excluding carboxylic acids is 1. The molecule has 0 heterocycles. The molecule has 1 fully saturated rings. The van der Waals surface area contributed by atoms with Gasteiger partial charge in [0.25, 0.3) is 0 Å². The Balaban J connectivity index is 1.84.